The maximum atomic E-state index is 12.0. The first kappa shape index (κ1) is 21.0. The van der Waals surface area contributed by atoms with Gasteiger partial charge in [-0.25, -0.2) is 18.1 Å². The van der Waals surface area contributed by atoms with Crippen molar-refractivity contribution in [1.29, 1.82) is 0 Å². The lowest BCUT2D eigenvalue weighted by Gasteiger charge is -2.08. The van der Waals surface area contributed by atoms with Crippen LogP contribution in [0.25, 0.3) is 5.65 Å². The van der Waals surface area contributed by atoms with Crippen molar-refractivity contribution in [3.63, 3.8) is 0 Å². The normalized spacial score (nSPS) is 18.2. The first-order valence-corrected chi connectivity index (χ1v) is 12.3. The molecule has 10 heteroatoms. The second-order valence-corrected chi connectivity index (χ2v) is 9.83. The number of fused-ring (bicyclic) bond motifs is 1. The van der Waals surface area contributed by atoms with Crippen molar-refractivity contribution in [1.82, 2.24) is 24.3 Å². The zero-order valence-corrected chi connectivity index (χ0v) is 18.7. The van der Waals surface area contributed by atoms with Crippen LogP contribution in [0.4, 0.5) is 0 Å². The summed E-state index contributed by atoms with van der Waals surface area (Å²) in [6, 6.07) is 12.2. The van der Waals surface area contributed by atoms with Crippen molar-refractivity contribution < 1.29 is 13.2 Å². The van der Waals surface area contributed by atoms with Gasteiger partial charge in [-0.15, -0.1) is 11.6 Å². The van der Waals surface area contributed by atoms with E-state index in [1.54, 1.807) is 0 Å². The third kappa shape index (κ3) is 4.36. The van der Waals surface area contributed by atoms with Crippen LogP contribution < -0.4 is 9.46 Å². The van der Waals surface area contributed by atoms with Gasteiger partial charge >= 0.3 is 0 Å². The van der Waals surface area contributed by atoms with E-state index in [2.05, 4.69) is 44.3 Å². The number of rotatable bonds is 9. The van der Waals surface area contributed by atoms with Gasteiger partial charge in [0.15, 0.2) is 0 Å². The maximum Gasteiger partial charge on any atom is 0.243 e. The van der Waals surface area contributed by atoms with Crippen LogP contribution in [0.5, 0.6) is 5.75 Å². The van der Waals surface area contributed by atoms with Crippen molar-refractivity contribution in [3.05, 3.63) is 78.0 Å². The molecular weight excluding hydrogens is 450 g/mol. The van der Waals surface area contributed by atoms with Gasteiger partial charge in [0.2, 0.25) is 10.0 Å². The third-order valence-electron chi connectivity index (χ3n) is 5.63. The lowest BCUT2D eigenvalue weighted by Crippen LogP contribution is -2.28. The second-order valence-electron chi connectivity index (χ2n) is 7.79. The predicted molar refractivity (Wildman–Crippen MR) is 121 cm³/mol. The zero-order chi connectivity index (χ0) is 22.1. The molecule has 1 aliphatic carbocycles. The van der Waals surface area contributed by atoms with Crippen LogP contribution in [-0.2, 0) is 15.9 Å². The number of hydrogen-bond acceptors (Lipinski definition) is 5. The van der Waals surface area contributed by atoms with E-state index in [-0.39, 0.29) is 18.0 Å². The summed E-state index contributed by atoms with van der Waals surface area (Å²) in [5.41, 5.74) is 4.36. The van der Waals surface area contributed by atoms with Gasteiger partial charge in [-0.3, -0.25) is 5.10 Å². The first-order valence-electron chi connectivity index (χ1n) is 10.3. The summed E-state index contributed by atoms with van der Waals surface area (Å²) >= 11 is 5.89. The molecular formula is C22H22ClN5O3S. The molecule has 4 aromatic rings. The molecule has 1 fully saturated rings. The van der Waals surface area contributed by atoms with Gasteiger partial charge in [-0.05, 0) is 47.6 Å². The monoisotopic (exact) mass is 471 g/mol. The van der Waals surface area contributed by atoms with Crippen molar-refractivity contribution >= 4 is 27.3 Å². The van der Waals surface area contributed by atoms with Crippen molar-refractivity contribution in [2.45, 2.75) is 29.0 Å². The Balaban J connectivity index is 1.14. The van der Waals surface area contributed by atoms with Crippen LogP contribution in [0.1, 0.15) is 35.1 Å². The molecule has 32 heavy (non-hydrogen) atoms. The molecule has 166 valence electrons. The molecule has 2 atom stereocenters. The van der Waals surface area contributed by atoms with E-state index in [0.717, 1.165) is 17.8 Å². The van der Waals surface area contributed by atoms with E-state index in [1.807, 2.05) is 28.8 Å². The number of halogens is 1. The smallest absolute Gasteiger partial charge is 0.243 e. The average Bonchev–Trinajstić information content (AvgIpc) is 3.21. The molecule has 3 heterocycles. The standard InChI is InChI=1S/C22H22ClN5O3S/c23-10-17-14-28-13-16(3-6-22(28)27-17)21-9-20(21)15-1-4-18(5-2-15)31-8-7-26-32(29,30)19-11-24-25-12-19/h1-6,11-14,20-21,26H,7-10H2,(H,24,25). The SMILES string of the molecule is O=S(=O)(NCCOc1ccc(C2CC2c2ccc3nc(CCl)cn3c2)cc1)c1cn[nH]c1. The van der Waals surface area contributed by atoms with E-state index in [4.69, 9.17) is 16.3 Å². The molecule has 0 aliphatic heterocycles. The number of imidazole rings is 1. The second kappa shape index (κ2) is 8.57. The maximum absolute atomic E-state index is 12.0. The highest BCUT2D eigenvalue weighted by Gasteiger charge is 2.39. The minimum atomic E-state index is -3.56. The van der Waals surface area contributed by atoms with Crippen LogP contribution in [0.15, 0.2) is 66.1 Å². The van der Waals surface area contributed by atoms with Crippen LogP contribution in [0, 0.1) is 0 Å². The van der Waals surface area contributed by atoms with Gasteiger partial charge in [0.1, 0.15) is 22.9 Å². The molecule has 1 aliphatic rings. The van der Waals surface area contributed by atoms with Gasteiger partial charge in [-0.2, -0.15) is 5.10 Å². The van der Waals surface area contributed by atoms with E-state index >= 15 is 0 Å². The van der Waals surface area contributed by atoms with E-state index in [9.17, 15) is 8.42 Å². The summed E-state index contributed by atoms with van der Waals surface area (Å²) in [5, 5.41) is 6.14. The number of ether oxygens (including phenoxy) is 1. The van der Waals surface area contributed by atoms with Crippen LogP contribution >= 0.6 is 11.6 Å². The summed E-state index contributed by atoms with van der Waals surface area (Å²) in [6.07, 6.45) is 7.82. The summed E-state index contributed by atoms with van der Waals surface area (Å²) in [6.45, 7) is 0.403. The summed E-state index contributed by atoms with van der Waals surface area (Å²) < 4.78 is 34.3. The fourth-order valence-electron chi connectivity index (χ4n) is 3.90. The summed E-state index contributed by atoms with van der Waals surface area (Å²) in [4.78, 5) is 4.58. The number of sulfonamides is 1. The number of pyridine rings is 1. The fourth-order valence-corrected chi connectivity index (χ4v) is 4.95. The number of benzene rings is 1. The fraction of sp³-hybridized carbons (Fsp3) is 0.273. The Morgan fingerprint density at radius 2 is 1.91 bits per heavy atom. The topological polar surface area (TPSA) is 101 Å². The highest BCUT2D eigenvalue weighted by molar-refractivity contribution is 7.89. The Morgan fingerprint density at radius 3 is 2.66 bits per heavy atom. The van der Waals surface area contributed by atoms with Crippen LogP contribution in [0.3, 0.4) is 0 Å². The first-order chi connectivity index (χ1) is 15.5. The Kier molecular flexibility index (Phi) is 5.62. The Labute approximate surface area is 190 Å². The number of alkyl halides is 1. The largest absolute Gasteiger partial charge is 0.492 e. The molecule has 8 nitrogen and oxygen atoms in total. The highest BCUT2D eigenvalue weighted by atomic mass is 35.5. The van der Waals surface area contributed by atoms with E-state index in [0.29, 0.717) is 23.5 Å². The van der Waals surface area contributed by atoms with Crippen molar-refractivity contribution in [2.24, 2.45) is 0 Å². The van der Waals surface area contributed by atoms with Gasteiger partial charge in [-0.1, -0.05) is 18.2 Å². The lowest BCUT2D eigenvalue weighted by molar-refractivity contribution is 0.322. The van der Waals surface area contributed by atoms with E-state index in [1.165, 1.54) is 23.5 Å². The molecule has 3 aromatic heterocycles. The molecule has 0 amide bonds. The predicted octanol–water partition coefficient (Wildman–Crippen LogP) is 3.42. The Morgan fingerprint density at radius 1 is 1.12 bits per heavy atom. The number of H-pyrrole nitrogens is 1. The Hall–Kier alpha value is -2.88. The quantitative estimate of drug-likeness (QED) is 0.287. The average molecular weight is 472 g/mol. The number of aromatic nitrogens is 4. The van der Waals surface area contributed by atoms with Crippen LogP contribution in [-0.4, -0.2) is 41.2 Å². The molecule has 5 rings (SSSR count). The summed E-state index contributed by atoms with van der Waals surface area (Å²) in [5.74, 6) is 2.10. The molecule has 2 N–H and O–H groups in total. The molecule has 2 unspecified atom stereocenters. The van der Waals surface area contributed by atoms with Gasteiger partial charge in [0.25, 0.3) is 0 Å². The van der Waals surface area contributed by atoms with Gasteiger partial charge < -0.3 is 9.14 Å². The van der Waals surface area contributed by atoms with Crippen molar-refractivity contribution in [3.8, 4) is 5.75 Å². The Bertz CT molecular complexity index is 1320. The number of nitrogens with one attached hydrogen (secondary N) is 2. The number of hydrogen-bond donors (Lipinski definition) is 2. The van der Waals surface area contributed by atoms with Gasteiger partial charge in [0.05, 0.1) is 17.8 Å². The zero-order valence-electron chi connectivity index (χ0n) is 17.1. The molecule has 0 saturated heterocycles. The molecule has 0 radical (unpaired) electrons. The minimum absolute atomic E-state index is 0.104. The number of nitrogens with zero attached hydrogens (tertiary/aromatic N) is 3. The molecule has 0 spiro atoms. The molecule has 1 aromatic carbocycles. The molecule has 1 saturated carbocycles. The van der Waals surface area contributed by atoms with Crippen molar-refractivity contribution in [2.75, 3.05) is 13.2 Å². The van der Waals surface area contributed by atoms with Gasteiger partial charge in [0, 0.05) is 25.1 Å². The summed E-state index contributed by atoms with van der Waals surface area (Å²) in [7, 11) is -3.56. The van der Waals surface area contributed by atoms with Crippen LogP contribution in [0.2, 0.25) is 0 Å². The van der Waals surface area contributed by atoms with E-state index < -0.39 is 10.0 Å². The molecule has 0 bridgehead atoms. The number of aromatic amines is 1. The lowest BCUT2D eigenvalue weighted by atomic mass is 10.1. The minimum Gasteiger partial charge on any atom is -0.492 e. The highest BCUT2D eigenvalue weighted by Crippen LogP contribution is 2.54. The third-order valence-corrected chi connectivity index (χ3v) is 7.34.